The highest BCUT2D eigenvalue weighted by Crippen LogP contribution is 2.30. The summed E-state index contributed by atoms with van der Waals surface area (Å²) in [4.78, 5) is 5.80. The summed E-state index contributed by atoms with van der Waals surface area (Å²) in [5.41, 5.74) is 3.26. The summed E-state index contributed by atoms with van der Waals surface area (Å²) in [7, 11) is 0. The predicted octanol–water partition coefficient (Wildman–Crippen LogP) is 4.13. The molecule has 0 saturated heterocycles. The Morgan fingerprint density at radius 1 is 1.31 bits per heavy atom. The van der Waals surface area contributed by atoms with E-state index in [4.69, 9.17) is 0 Å². The summed E-state index contributed by atoms with van der Waals surface area (Å²) >= 11 is 5.17. The van der Waals surface area contributed by atoms with Gasteiger partial charge in [-0.25, -0.2) is 4.98 Å². The van der Waals surface area contributed by atoms with Crippen LogP contribution in [0.5, 0.6) is 0 Å². The van der Waals surface area contributed by atoms with Crippen molar-refractivity contribution in [3.8, 4) is 10.6 Å². The number of nitrogens with zero attached hydrogens (tertiary/aromatic N) is 2. The first kappa shape index (κ1) is 10.1. The van der Waals surface area contributed by atoms with Gasteiger partial charge in [0.15, 0.2) is 0 Å². The van der Waals surface area contributed by atoms with E-state index in [1.807, 2.05) is 6.20 Å². The normalized spacial score (nSPS) is 11.1. The number of hydrogen-bond acceptors (Lipinski definition) is 2. The minimum atomic E-state index is 1.000. The lowest BCUT2D eigenvalue weighted by atomic mass is 10.3. The molecule has 0 spiro atoms. The van der Waals surface area contributed by atoms with E-state index in [9.17, 15) is 0 Å². The Kier molecular flexibility index (Phi) is 2.33. The third kappa shape index (κ3) is 1.68. The van der Waals surface area contributed by atoms with Gasteiger partial charge < -0.3 is 4.40 Å². The number of hydrogen-bond donors (Lipinski definition) is 0. The molecule has 0 N–H and O–H groups in total. The maximum absolute atomic E-state index is 4.61. The Morgan fingerprint density at radius 2 is 2.19 bits per heavy atom. The molecule has 3 rings (SSSR count). The van der Waals surface area contributed by atoms with E-state index in [1.165, 1.54) is 10.4 Å². The summed E-state index contributed by atoms with van der Waals surface area (Å²) in [6, 6.07) is 8.31. The molecule has 16 heavy (non-hydrogen) atoms. The summed E-state index contributed by atoms with van der Waals surface area (Å²) in [5, 5.41) is 0. The van der Waals surface area contributed by atoms with Crippen molar-refractivity contribution >= 4 is 32.9 Å². The number of pyridine rings is 1. The maximum Gasteiger partial charge on any atom is 0.137 e. The van der Waals surface area contributed by atoms with Gasteiger partial charge in [0.25, 0.3) is 0 Å². The third-order valence-corrected chi connectivity index (χ3v) is 4.09. The minimum absolute atomic E-state index is 1.000. The first-order chi connectivity index (χ1) is 7.72. The second-order valence-electron chi connectivity index (χ2n) is 3.70. The molecule has 0 aliphatic rings. The smallest absolute Gasteiger partial charge is 0.137 e. The standard InChI is InChI=1S/C12H9BrN2S/c1-8-4-5-15-7-9(14-12(15)6-8)10-2-3-11(13)16-10/h2-7H,1H3. The molecule has 0 aromatic carbocycles. The van der Waals surface area contributed by atoms with Gasteiger partial charge in [-0.2, -0.15) is 0 Å². The van der Waals surface area contributed by atoms with Gasteiger partial charge in [0, 0.05) is 12.4 Å². The molecule has 0 radical (unpaired) electrons. The van der Waals surface area contributed by atoms with Crippen molar-refractivity contribution in [1.82, 2.24) is 9.38 Å². The number of fused-ring (bicyclic) bond motifs is 1. The lowest BCUT2D eigenvalue weighted by Gasteiger charge is -1.92. The van der Waals surface area contributed by atoms with Crippen molar-refractivity contribution in [2.24, 2.45) is 0 Å². The van der Waals surface area contributed by atoms with Crippen LogP contribution in [0.25, 0.3) is 16.2 Å². The number of halogens is 1. The van der Waals surface area contributed by atoms with Gasteiger partial charge in [0.1, 0.15) is 5.65 Å². The van der Waals surface area contributed by atoms with Crippen LogP contribution in [0.15, 0.2) is 40.4 Å². The Balaban J connectivity index is 2.18. The molecule has 0 unspecified atom stereocenters. The minimum Gasteiger partial charge on any atom is -0.306 e. The van der Waals surface area contributed by atoms with Crippen LogP contribution in [0.1, 0.15) is 5.56 Å². The van der Waals surface area contributed by atoms with Crippen LogP contribution in [0.4, 0.5) is 0 Å². The average molecular weight is 293 g/mol. The molecule has 0 amide bonds. The van der Waals surface area contributed by atoms with Gasteiger partial charge in [-0.1, -0.05) is 0 Å². The lowest BCUT2D eigenvalue weighted by molar-refractivity contribution is 1.17. The van der Waals surface area contributed by atoms with Crippen LogP contribution in [0.3, 0.4) is 0 Å². The maximum atomic E-state index is 4.61. The van der Waals surface area contributed by atoms with Crippen LogP contribution in [-0.2, 0) is 0 Å². The Morgan fingerprint density at radius 3 is 2.94 bits per heavy atom. The van der Waals surface area contributed by atoms with E-state index < -0.39 is 0 Å². The fourth-order valence-corrected chi connectivity index (χ4v) is 2.99. The van der Waals surface area contributed by atoms with Crippen LogP contribution in [-0.4, -0.2) is 9.38 Å². The highest BCUT2D eigenvalue weighted by Gasteiger charge is 2.06. The fourth-order valence-electron chi connectivity index (χ4n) is 1.65. The molecule has 0 aliphatic heterocycles. The largest absolute Gasteiger partial charge is 0.306 e. The lowest BCUT2D eigenvalue weighted by Crippen LogP contribution is -1.81. The van der Waals surface area contributed by atoms with Gasteiger partial charge in [0.2, 0.25) is 0 Å². The van der Waals surface area contributed by atoms with Crippen LogP contribution in [0, 0.1) is 6.92 Å². The van der Waals surface area contributed by atoms with Crippen LogP contribution >= 0.6 is 27.3 Å². The van der Waals surface area contributed by atoms with E-state index in [-0.39, 0.29) is 0 Å². The zero-order chi connectivity index (χ0) is 11.1. The monoisotopic (exact) mass is 292 g/mol. The quantitative estimate of drug-likeness (QED) is 0.659. The van der Waals surface area contributed by atoms with Gasteiger partial charge in [-0.05, 0) is 52.7 Å². The summed E-state index contributed by atoms with van der Waals surface area (Å²) in [5.74, 6) is 0. The zero-order valence-corrected chi connectivity index (χ0v) is 11.0. The number of aryl methyl sites for hydroxylation is 1. The predicted molar refractivity (Wildman–Crippen MR) is 70.9 cm³/mol. The van der Waals surface area contributed by atoms with E-state index >= 15 is 0 Å². The first-order valence-corrected chi connectivity index (χ1v) is 6.54. The topological polar surface area (TPSA) is 17.3 Å². The van der Waals surface area contributed by atoms with Crippen molar-refractivity contribution in [3.63, 3.8) is 0 Å². The molecule has 0 bridgehead atoms. The second kappa shape index (κ2) is 3.71. The molecule has 0 fully saturated rings. The molecule has 3 heterocycles. The molecule has 0 aliphatic carbocycles. The fraction of sp³-hybridized carbons (Fsp3) is 0.0833. The number of rotatable bonds is 1. The average Bonchev–Trinajstić information content (AvgIpc) is 2.83. The highest BCUT2D eigenvalue weighted by atomic mass is 79.9. The molecular formula is C12H9BrN2S. The van der Waals surface area contributed by atoms with Crippen molar-refractivity contribution in [2.45, 2.75) is 6.92 Å². The molecule has 3 aromatic rings. The van der Waals surface area contributed by atoms with E-state index in [1.54, 1.807) is 11.3 Å². The van der Waals surface area contributed by atoms with E-state index in [0.717, 1.165) is 15.1 Å². The Labute approximate surface area is 106 Å². The van der Waals surface area contributed by atoms with Crippen molar-refractivity contribution in [3.05, 3.63) is 46.0 Å². The molecule has 0 atom stereocenters. The molecule has 80 valence electrons. The SMILES string of the molecule is Cc1ccn2cc(-c3ccc(Br)s3)nc2c1. The zero-order valence-electron chi connectivity index (χ0n) is 8.64. The molecule has 3 aromatic heterocycles. The molecule has 2 nitrogen and oxygen atoms in total. The summed E-state index contributed by atoms with van der Waals surface area (Å²) in [6.45, 7) is 2.08. The van der Waals surface area contributed by atoms with Gasteiger partial charge in [-0.15, -0.1) is 11.3 Å². The van der Waals surface area contributed by atoms with Crippen molar-refractivity contribution in [2.75, 3.05) is 0 Å². The van der Waals surface area contributed by atoms with Crippen molar-refractivity contribution < 1.29 is 0 Å². The third-order valence-electron chi connectivity index (χ3n) is 2.44. The van der Waals surface area contributed by atoms with Crippen molar-refractivity contribution in [1.29, 1.82) is 0 Å². The number of aromatic nitrogens is 2. The summed E-state index contributed by atoms with van der Waals surface area (Å²) in [6.07, 6.45) is 4.11. The number of imidazole rings is 1. The van der Waals surface area contributed by atoms with Crippen LogP contribution < -0.4 is 0 Å². The van der Waals surface area contributed by atoms with Gasteiger partial charge in [-0.3, -0.25) is 0 Å². The van der Waals surface area contributed by atoms with E-state index in [2.05, 4.69) is 62.7 Å². The van der Waals surface area contributed by atoms with Gasteiger partial charge in [0.05, 0.1) is 14.4 Å². The molecule has 0 saturated carbocycles. The Hall–Kier alpha value is -1.13. The highest BCUT2D eigenvalue weighted by molar-refractivity contribution is 9.11. The molecular weight excluding hydrogens is 284 g/mol. The van der Waals surface area contributed by atoms with Gasteiger partial charge >= 0.3 is 0 Å². The summed E-state index contributed by atoms with van der Waals surface area (Å²) < 4.78 is 3.19. The first-order valence-electron chi connectivity index (χ1n) is 4.93. The molecule has 4 heteroatoms. The Bertz CT molecular complexity index is 654. The second-order valence-corrected chi connectivity index (χ2v) is 6.16. The number of thiophene rings is 1. The van der Waals surface area contributed by atoms with E-state index in [0.29, 0.717) is 0 Å². The van der Waals surface area contributed by atoms with Crippen LogP contribution in [0.2, 0.25) is 0 Å².